The number of hydrogen-bond donors (Lipinski definition) is 2. The van der Waals surface area contributed by atoms with E-state index in [1.54, 1.807) is 44.2 Å². The molecule has 1 aliphatic heterocycles. The molecule has 0 unspecified atom stereocenters. The predicted octanol–water partition coefficient (Wildman–Crippen LogP) is 3.11. The van der Waals surface area contributed by atoms with E-state index in [1.807, 2.05) is 0 Å². The molecule has 2 heterocycles. The van der Waals surface area contributed by atoms with Crippen LogP contribution in [0.5, 0.6) is 5.75 Å². The fourth-order valence-corrected chi connectivity index (χ4v) is 2.89. The second kappa shape index (κ2) is 6.66. The van der Waals surface area contributed by atoms with Gasteiger partial charge in [-0.1, -0.05) is 29.3 Å². The van der Waals surface area contributed by atoms with Crippen LogP contribution in [-0.2, 0) is 9.59 Å². The zero-order chi connectivity index (χ0) is 19.1. The highest BCUT2D eigenvalue weighted by atomic mass is 35.5. The number of hydrogen-bond acceptors (Lipinski definition) is 5. The summed E-state index contributed by atoms with van der Waals surface area (Å²) >= 11 is 12.0. The molecule has 0 aliphatic carbocycles. The number of nitrogens with zero attached hydrogens (tertiary/aromatic N) is 2. The number of benzene rings is 1. The van der Waals surface area contributed by atoms with Crippen LogP contribution in [0.3, 0.4) is 0 Å². The molecule has 2 aromatic rings. The van der Waals surface area contributed by atoms with Crippen molar-refractivity contribution in [2.45, 2.75) is 19.4 Å². The molecule has 136 valence electrons. The molecule has 1 aliphatic rings. The van der Waals surface area contributed by atoms with Gasteiger partial charge in [-0.2, -0.15) is 0 Å². The van der Waals surface area contributed by atoms with Crippen molar-refractivity contribution >= 4 is 52.3 Å². The largest absolute Gasteiger partial charge is 0.474 e. The van der Waals surface area contributed by atoms with E-state index in [-0.39, 0.29) is 23.2 Å². The van der Waals surface area contributed by atoms with Crippen molar-refractivity contribution in [2.75, 3.05) is 22.5 Å². The number of halogens is 2. The van der Waals surface area contributed by atoms with E-state index in [0.29, 0.717) is 16.5 Å². The Hall–Kier alpha value is -2.51. The first-order valence-electron chi connectivity index (χ1n) is 7.70. The number of anilines is 3. The molecular weight excluding hydrogens is 379 g/mol. The van der Waals surface area contributed by atoms with Gasteiger partial charge in [0.15, 0.2) is 17.2 Å². The monoisotopic (exact) mass is 394 g/mol. The summed E-state index contributed by atoms with van der Waals surface area (Å²) in [4.78, 5) is 30.6. The second-order valence-electron chi connectivity index (χ2n) is 6.21. The molecule has 3 rings (SSSR count). The van der Waals surface area contributed by atoms with Gasteiger partial charge in [0.2, 0.25) is 5.91 Å². The molecule has 0 fully saturated rings. The Morgan fingerprint density at radius 1 is 1.31 bits per heavy atom. The first-order valence-corrected chi connectivity index (χ1v) is 8.46. The molecule has 1 aromatic heterocycles. The first kappa shape index (κ1) is 18.3. The highest BCUT2D eigenvalue weighted by molar-refractivity contribution is 6.44. The Kier molecular flexibility index (Phi) is 4.68. The number of aromatic nitrogens is 1. The number of nitrogen functional groups attached to an aromatic ring is 1. The SMILES string of the molecule is CC1(C)Oc2ccc(N)nc2N(CC(=O)Nc2cccc(Cl)c2Cl)C1=O. The molecule has 0 bridgehead atoms. The van der Waals surface area contributed by atoms with Crippen LogP contribution in [-0.4, -0.2) is 28.9 Å². The zero-order valence-corrected chi connectivity index (χ0v) is 15.6. The average Bonchev–Trinajstić information content (AvgIpc) is 2.57. The Morgan fingerprint density at radius 2 is 2.04 bits per heavy atom. The molecule has 0 spiro atoms. The van der Waals surface area contributed by atoms with E-state index in [0.717, 1.165) is 0 Å². The van der Waals surface area contributed by atoms with Crippen LogP contribution in [0.1, 0.15) is 13.8 Å². The Morgan fingerprint density at radius 3 is 2.77 bits per heavy atom. The fourth-order valence-electron chi connectivity index (χ4n) is 2.54. The lowest BCUT2D eigenvalue weighted by Gasteiger charge is -2.37. The Balaban J connectivity index is 1.88. The predicted molar refractivity (Wildman–Crippen MR) is 101 cm³/mol. The minimum Gasteiger partial charge on any atom is -0.474 e. The van der Waals surface area contributed by atoms with Crippen LogP contribution in [0.4, 0.5) is 17.3 Å². The van der Waals surface area contributed by atoms with Crippen molar-refractivity contribution in [1.29, 1.82) is 0 Å². The van der Waals surface area contributed by atoms with Crippen LogP contribution in [0.2, 0.25) is 10.0 Å². The van der Waals surface area contributed by atoms with Gasteiger partial charge in [-0.25, -0.2) is 4.98 Å². The average molecular weight is 395 g/mol. The molecular formula is C17H16Cl2N4O3. The van der Waals surface area contributed by atoms with Gasteiger partial charge in [-0.05, 0) is 38.1 Å². The highest BCUT2D eigenvalue weighted by Crippen LogP contribution is 2.37. The van der Waals surface area contributed by atoms with Crippen LogP contribution < -0.4 is 20.7 Å². The lowest BCUT2D eigenvalue weighted by atomic mass is 10.1. The third-order valence-corrected chi connectivity index (χ3v) is 4.59. The summed E-state index contributed by atoms with van der Waals surface area (Å²) in [5.41, 5.74) is 4.92. The van der Waals surface area contributed by atoms with E-state index >= 15 is 0 Å². The zero-order valence-electron chi connectivity index (χ0n) is 14.0. The maximum Gasteiger partial charge on any atom is 0.272 e. The van der Waals surface area contributed by atoms with Crippen molar-refractivity contribution < 1.29 is 14.3 Å². The Labute approximate surface area is 160 Å². The van der Waals surface area contributed by atoms with Crippen LogP contribution in [0.25, 0.3) is 0 Å². The summed E-state index contributed by atoms with van der Waals surface area (Å²) in [6.07, 6.45) is 0. The van der Waals surface area contributed by atoms with Crippen molar-refractivity contribution in [3.05, 3.63) is 40.4 Å². The number of amides is 2. The van der Waals surface area contributed by atoms with Gasteiger partial charge in [-0.3, -0.25) is 14.5 Å². The van der Waals surface area contributed by atoms with Crippen LogP contribution in [0.15, 0.2) is 30.3 Å². The summed E-state index contributed by atoms with van der Waals surface area (Å²) in [6.45, 7) is 2.96. The molecule has 26 heavy (non-hydrogen) atoms. The van der Waals surface area contributed by atoms with E-state index in [2.05, 4.69) is 10.3 Å². The maximum atomic E-state index is 12.7. The number of nitrogens with two attached hydrogens (primary N) is 1. The topological polar surface area (TPSA) is 97.6 Å². The molecule has 0 saturated heterocycles. The highest BCUT2D eigenvalue weighted by Gasteiger charge is 2.42. The van der Waals surface area contributed by atoms with E-state index < -0.39 is 17.4 Å². The van der Waals surface area contributed by atoms with Gasteiger partial charge < -0.3 is 15.8 Å². The van der Waals surface area contributed by atoms with Crippen molar-refractivity contribution in [3.63, 3.8) is 0 Å². The molecule has 2 amide bonds. The normalized spacial score (nSPS) is 15.2. The van der Waals surface area contributed by atoms with Crippen LogP contribution >= 0.6 is 23.2 Å². The second-order valence-corrected chi connectivity index (χ2v) is 7.00. The first-order chi connectivity index (χ1) is 12.2. The maximum absolute atomic E-state index is 12.7. The smallest absolute Gasteiger partial charge is 0.272 e. The number of rotatable bonds is 3. The Bertz CT molecular complexity index is 902. The van der Waals surface area contributed by atoms with E-state index in [4.69, 9.17) is 33.7 Å². The van der Waals surface area contributed by atoms with Gasteiger partial charge in [0, 0.05) is 0 Å². The van der Waals surface area contributed by atoms with Gasteiger partial charge >= 0.3 is 0 Å². The van der Waals surface area contributed by atoms with Crippen molar-refractivity contribution in [3.8, 4) is 5.75 Å². The number of fused-ring (bicyclic) bond motifs is 1. The number of pyridine rings is 1. The number of carbonyl (C=O) groups is 2. The van der Waals surface area contributed by atoms with Gasteiger partial charge in [0.05, 0.1) is 15.7 Å². The van der Waals surface area contributed by atoms with Gasteiger partial charge in [-0.15, -0.1) is 0 Å². The molecule has 3 N–H and O–H groups in total. The molecule has 9 heteroatoms. The number of ether oxygens (including phenoxy) is 1. The van der Waals surface area contributed by atoms with Crippen LogP contribution in [0, 0.1) is 0 Å². The third-order valence-electron chi connectivity index (χ3n) is 3.77. The van der Waals surface area contributed by atoms with Gasteiger partial charge in [0.1, 0.15) is 12.4 Å². The molecule has 0 radical (unpaired) electrons. The number of carbonyl (C=O) groups excluding carboxylic acids is 2. The molecule has 1 aromatic carbocycles. The van der Waals surface area contributed by atoms with Gasteiger partial charge in [0.25, 0.3) is 5.91 Å². The summed E-state index contributed by atoms with van der Waals surface area (Å²) in [5, 5.41) is 3.18. The van der Waals surface area contributed by atoms with E-state index in [1.165, 1.54) is 4.90 Å². The molecule has 7 nitrogen and oxygen atoms in total. The lowest BCUT2D eigenvalue weighted by molar-refractivity contribution is -0.133. The van der Waals surface area contributed by atoms with Crippen molar-refractivity contribution in [2.24, 2.45) is 0 Å². The summed E-state index contributed by atoms with van der Waals surface area (Å²) in [6, 6.07) is 8.06. The van der Waals surface area contributed by atoms with Crippen molar-refractivity contribution in [1.82, 2.24) is 4.98 Å². The third kappa shape index (κ3) is 3.40. The number of nitrogens with one attached hydrogen (secondary N) is 1. The summed E-state index contributed by atoms with van der Waals surface area (Å²) in [7, 11) is 0. The summed E-state index contributed by atoms with van der Waals surface area (Å²) < 4.78 is 5.67. The molecule has 0 saturated carbocycles. The minimum atomic E-state index is -1.14. The lowest BCUT2D eigenvalue weighted by Crippen LogP contribution is -2.54. The standard InChI is InChI=1S/C17H16Cl2N4O3/c1-17(2)16(25)23(15-11(26-17)6-7-12(20)22-15)8-13(24)21-10-5-3-4-9(18)14(10)19/h3-7H,8H2,1-2H3,(H2,20,22)(H,21,24). The summed E-state index contributed by atoms with van der Waals surface area (Å²) in [5.74, 6) is -0.0898. The minimum absolute atomic E-state index is 0.196. The fraction of sp³-hybridized carbons (Fsp3) is 0.235. The molecule has 0 atom stereocenters. The van der Waals surface area contributed by atoms with E-state index in [9.17, 15) is 9.59 Å². The quantitative estimate of drug-likeness (QED) is 0.833.